The Hall–Kier alpha value is -2.98. The van der Waals surface area contributed by atoms with Crippen molar-refractivity contribution < 1.29 is 22.9 Å². The van der Waals surface area contributed by atoms with Gasteiger partial charge in [-0.3, -0.25) is 14.9 Å². The van der Waals surface area contributed by atoms with E-state index in [2.05, 4.69) is 10.0 Å². The molecule has 0 fully saturated rings. The van der Waals surface area contributed by atoms with Gasteiger partial charge in [0.2, 0.25) is 15.9 Å². The van der Waals surface area contributed by atoms with Crippen molar-refractivity contribution in [1.82, 2.24) is 4.72 Å². The van der Waals surface area contributed by atoms with E-state index in [1.165, 1.54) is 44.4 Å². The van der Waals surface area contributed by atoms with Crippen molar-refractivity contribution in [3.05, 3.63) is 58.1 Å². The molecule has 1 atom stereocenters. The topological polar surface area (TPSA) is 128 Å². The van der Waals surface area contributed by atoms with E-state index in [9.17, 15) is 23.3 Å². The van der Waals surface area contributed by atoms with Crippen LogP contribution in [-0.2, 0) is 14.8 Å². The third-order valence-electron chi connectivity index (χ3n) is 4.19. The maximum absolute atomic E-state index is 12.8. The van der Waals surface area contributed by atoms with Crippen molar-refractivity contribution in [1.29, 1.82) is 0 Å². The fourth-order valence-electron chi connectivity index (χ4n) is 2.56. The number of nitro groups is 1. The zero-order chi connectivity index (χ0) is 21.8. The van der Waals surface area contributed by atoms with Gasteiger partial charge in [0.25, 0.3) is 5.69 Å². The molecule has 0 saturated heterocycles. The molecule has 1 amide bonds. The minimum absolute atomic E-state index is 0.0683. The molecule has 2 aromatic carbocycles. The number of carbonyl (C=O) groups excluding carboxylic acids is 1. The fraction of sp³-hybridized carbons (Fsp3) is 0.316. The summed E-state index contributed by atoms with van der Waals surface area (Å²) in [6.07, 6.45) is 0. The number of nitro benzene ring substituents is 1. The number of nitrogens with one attached hydrogen (secondary N) is 2. The number of methoxy groups -OCH3 is 1. The Kier molecular flexibility index (Phi) is 6.93. The largest absolute Gasteiger partial charge is 0.495 e. The molecule has 29 heavy (non-hydrogen) atoms. The normalized spacial score (nSPS) is 12.4. The van der Waals surface area contributed by atoms with Crippen LogP contribution in [0.3, 0.4) is 0 Å². The van der Waals surface area contributed by atoms with E-state index in [4.69, 9.17) is 4.74 Å². The van der Waals surface area contributed by atoms with Gasteiger partial charge < -0.3 is 10.1 Å². The molecule has 0 radical (unpaired) electrons. The van der Waals surface area contributed by atoms with E-state index >= 15 is 0 Å². The van der Waals surface area contributed by atoms with E-state index in [0.29, 0.717) is 0 Å². The van der Waals surface area contributed by atoms with Crippen molar-refractivity contribution in [2.75, 3.05) is 12.4 Å². The number of non-ortho nitro benzene ring substituents is 1. The van der Waals surface area contributed by atoms with Crippen LogP contribution < -0.4 is 14.8 Å². The second-order valence-electron chi connectivity index (χ2n) is 6.70. The van der Waals surface area contributed by atoms with Crippen LogP contribution in [0.1, 0.15) is 32.3 Å². The van der Waals surface area contributed by atoms with Gasteiger partial charge in [0.05, 0.1) is 18.1 Å². The molecular formula is C19H23N3O6S. The molecule has 2 rings (SSSR count). The zero-order valence-electron chi connectivity index (χ0n) is 16.5. The summed E-state index contributed by atoms with van der Waals surface area (Å²) in [6.45, 7) is 5.24. The first-order valence-electron chi connectivity index (χ1n) is 8.80. The molecule has 0 bridgehead atoms. The number of amides is 1. The molecule has 0 saturated carbocycles. The van der Waals surface area contributed by atoms with E-state index in [1.807, 2.05) is 13.8 Å². The summed E-state index contributed by atoms with van der Waals surface area (Å²) in [5.41, 5.74) is 0.806. The number of nitrogens with zero attached hydrogens (tertiary/aromatic N) is 1. The van der Waals surface area contributed by atoms with Gasteiger partial charge in [0.1, 0.15) is 10.6 Å². The third kappa shape index (κ3) is 5.52. The maximum atomic E-state index is 12.8. The minimum atomic E-state index is -4.06. The van der Waals surface area contributed by atoms with Crippen molar-refractivity contribution in [2.45, 2.75) is 37.6 Å². The average molecular weight is 421 g/mol. The molecule has 0 aromatic heterocycles. The Bertz CT molecular complexity index is 1020. The van der Waals surface area contributed by atoms with Crippen molar-refractivity contribution in [3.8, 4) is 5.75 Å². The molecule has 0 aliphatic rings. The summed E-state index contributed by atoms with van der Waals surface area (Å²) in [4.78, 5) is 22.6. The molecule has 9 nitrogen and oxygen atoms in total. The Morgan fingerprint density at radius 3 is 2.41 bits per heavy atom. The minimum Gasteiger partial charge on any atom is -0.495 e. The standard InChI is InChI=1S/C19H23N3O6S/c1-12(2)14-8-9-17(28-4)18(10-14)29(26,27)21-13(3)19(23)20-15-6-5-7-16(11-15)22(24)25/h5-13,21H,1-4H3,(H,20,23). The van der Waals surface area contributed by atoms with Gasteiger partial charge in [-0.2, -0.15) is 4.72 Å². The van der Waals surface area contributed by atoms with Crippen molar-refractivity contribution in [3.63, 3.8) is 0 Å². The smallest absolute Gasteiger partial charge is 0.271 e. The Balaban J connectivity index is 2.21. The molecule has 0 aliphatic carbocycles. The van der Waals surface area contributed by atoms with Crippen molar-refractivity contribution >= 4 is 27.3 Å². The SMILES string of the molecule is COc1ccc(C(C)C)cc1S(=O)(=O)NC(C)C(=O)Nc1cccc([N+](=O)[O-])c1. The van der Waals surface area contributed by atoms with Crippen LogP contribution in [0.2, 0.25) is 0 Å². The van der Waals surface area contributed by atoms with Crippen LogP contribution in [0.25, 0.3) is 0 Å². The van der Waals surface area contributed by atoms with Crippen molar-refractivity contribution in [2.24, 2.45) is 0 Å². The molecule has 10 heteroatoms. The number of ether oxygens (including phenoxy) is 1. The van der Waals surface area contributed by atoms with Crippen LogP contribution in [0.15, 0.2) is 47.4 Å². The Labute approximate surface area is 169 Å². The summed E-state index contributed by atoms with van der Waals surface area (Å²) in [5.74, 6) is -0.398. The predicted octanol–water partition coefficient (Wildman–Crippen LogP) is 3.03. The van der Waals surface area contributed by atoms with Crippen LogP contribution >= 0.6 is 0 Å². The lowest BCUT2D eigenvalue weighted by Crippen LogP contribution is -2.41. The molecule has 1 unspecified atom stereocenters. The highest BCUT2D eigenvalue weighted by atomic mass is 32.2. The van der Waals surface area contributed by atoms with Crippen LogP contribution in [0.4, 0.5) is 11.4 Å². The second kappa shape index (κ2) is 9.01. The lowest BCUT2D eigenvalue weighted by Gasteiger charge is -2.17. The highest BCUT2D eigenvalue weighted by Gasteiger charge is 2.26. The van der Waals surface area contributed by atoms with Gasteiger partial charge in [0.15, 0.2) is 0 Å². The number of carbonyl (C=O) groups is 1. The van der Waals surface area contributed by atoms with E-state index in [0.717, 1.165) is 5.56 Å². The number of hydrogen-bond donors (Lipinski definition) is 2. The molecule has 2 N–H and O–H groups in total. The number of hydrogen-bond acceptors (Lipinski definition) is 6. The molecule has 0 heterocycles. The van der Waals surface area contributed by atoms with Gasteiger partial charge in [-0.1, -0.05) is 26.0 Å². The average Bonchev–Trinajstić information content (AvgIpc) is 2.67. The summed E-state index contributed by atoms with van der Waals surface area (Å²) < 4.78 is 33.1. The number of rotatable bonds is 8. The molecular weight excluding hydrogens is 398 g/mol. The fourth-order valence-corrected chi connectivity index (χ4v) is 3.97. The van der Waals surface area contributed by atoms with Gasteiger partial charge >= 0.3 is 0 Å². The van der Waals surface area contributed by atoms with Gasteiger partial charge in [-0.05, 0) is 36.6 Å². The van der Waals surface area contributed by atoms with Gasteiger partial charge in [-0.15, -0.1) is 0 Å². The Morgan fingerprint density at radius 2 is 1.83 bits per heavy atom. The van der Waals surface area contributed by atoms with Crippen LogP contribution in [-0.4, -0.2) is 32.4 Å². The number of anilines is 1. The quantitative estimate of drug-likeness (QED) is 0.498. The Morgan fingerprint density at radius 1 is 1.14 bits per heavy atom. The number of sulfonamides is 1. The monoisotopic (exact) mass is 421 g/mol. The van der Waals surface area contributed by atoms with Gasteiger partial charge in [-0.25, -0.2) is 8.42 Å². The molecule has 156 valence electrons. The summed E-state index contributed by atoms with van der Waals surface area (Å²) in [5, 5.41) is 13.3. The first-order valence-corrected chi connectivity index (χ1v) is 10.3. The van der Waals surface area contributed by atoms with E-state index in [-0.39, 0.29) is 27.9 Å². The van der Waals surface area contributed by atoms with E-state index in [1.54, 1.807) is 12.1 Å². The second-order valence-corrected chi connectivity index (χ2v) is 8.39. The highest BCUT2D eigenvalue weighted by molar-refractivity contribution is 7.89. The lowest BCUT2D eigenvalue weighted by molar-refractivity contribution is -0.384. The van der Waals surface area contributed by atoms with Crippen LogP contribution in [0.5, 0.6) is 5.75 Å². The molecule has 0 spiro atoms. The summed E-state index contributed by atoms with van der Waals surface area (Å²) >= 11 is 0. The molecule has 2 aromatic rings. The van der Waals surface area contributed by atoms with Gasteiger partial charge in [0, 0.05) is 17.8 Å². The third-order valence-corrected chi connectivity index (χ3v) is 5.76. The maximum Gasteiger partial charge on any atom is 0.271 e. The summed E-state index contributed by atoms with van der Waals surface area (Å²) in [7, 11) is -2.70. The highest BCUT2D eigenvalue weighted by Crippen LogP contribution is 2.28. The molecule has 0 aliphatic heterocycles. The first-order chi connectivity index (χ1) is 13.5. The summed E-state index contributed by atoms with van der Waals surface area (Å²) in [6, 6.07) is 9.10. The first kappa shape index (κ1) is 22.3. The lowest BCUT2D eigenvalue weighted by atomic mass is 10.0. The predicted molar refractivity (Wildman–Crippen MR) is 109 cm³/mol. The van der Waals surface area contributed by atoms with Crippen LogP contribution in [0, 0.1) is 10.1 Å². The van der Waals surface area contributed by atoms with E-state index < -0.39 is 26.9 Å². The zero-order valence-corrected chi connectivity index (χ0v) is 17.3. The number of benzene rings is 2.